The highest BCUT2D eigenvalue weighted by molar-refractivity contribution is 6.49. The summed E-state index contributed by atoms with van der Waals surface area (Å²) >= 11 is 0. The number of hydrogen-bond donors (Lipinski definition) is 3. The summed E-state index contributed by atoms with van der Waals surface area (Å²) in [5.74, 6) is -0.166. The number of alkyl halides is 2. The van der Waals surface area contributed by atoms with E-state index in [4.69, 9.17) is 9.15 Å². The van der Waals surface area contributed by atoms with E-state index in [1.165, 1.54) is 36.9 Å². The number of oxazole rings is 1. The molecule has 4 heterocycles. The molecule has 16 heteroatoms. The van der Waals surface area contributed by atoms with Crippen molar-refractivity contribution in [2.24, 2.45) is 11.8 Å². The molecule has 3 amide bonds. The average Bonchev–Trinajstić information content (AvgIpc) is 3.79. The maximum Gasteiger partial charge on any atom is 0.299 e. The van der Waals surface area contributed by atoms with Crippen molar-refractivity contribution >= 4 is 35.0 Å². The topological polar surface area (TPSA) is 174 Å². The molecular weight excluding hydrogens is 799 g/mol. The molecular formula is C46H50F2N8O6. The number of imide groups is 1. The first-order valence-corrected chi connectivity index (χ1v) is 21.4. The third kappa shape index (κ3) is 10.4. The van der Waals surface area contributed by atoms with Crippen molar-refractivity contribution in [3.05, 3.63) is 101 Å². The fourth-order valence-corrected chi connectivity index (χ4v) is 8.20. The van der Waals surface area contributed by atoms with Gasteiger partial charge in [-0.15, -0.1) is 0 Å². The van der Waals surface area contributed by atoms with E-state index in [0.717, 1.165) is 77.4 Å². The number of fused-ring (bicyclic) bond motifs is 1. The number of anilines is 2. The van der Waals surface area contributed by atoms with Crippen LogP contribution in [0.1, 0.15) is 119 Å². The van der Waals surface area contributed by atoms with E-state index in [1.807, 2.05) is 24.3 Å². The lowest BCUT2D eigenvalue weighted by Gasteiger charge is -2.31. The molecule has 2 aromatic carbocycles. The van der Waals surface area contributed by atoms with Gasteiger partial charge in [0.1, 0.15) is 23.6 Å². The zero-order chi connectivity index (χ0) is 43.2. The zero-order valence-corrected chi connectivity index (χ0v) is 34.6. The molecule has 0 bridgehead atoms. The predicted octanol–water partition coefficient (Wildman–Crippen LogP) is 8.66. The predicted molar refractivity (Wildman–Crippen MR) is 227 cm³/mol. The van der Waals surface area contributed by atoms with E-state index in [2.05, 4.69) is 43.0 Å². The third-order valence-corrected chi connectivity index (χ3v) is 11.8. The van der Waals surface area contributed by atoms with Crippen LogP contribution in [0, 0.1) is 11.8 Å². The number of rotatable bonds is 19. The minimum absolute atomic E-state index is 0.0267. The highest BCUT2D eigenvalue weighted by Gasteiger charge is 2.33. The highest BCUT2D eigenvalue weighted by Crippen LogP contribution is 2.36. The number of pyridine rings is 1. The quantitative estimate of drug-likeness (QED) is 0.0412. The molecule has 2 fully saturated rings. The summed E-state index contributed by atoms with van der Waals surface area (Å²) in [4.78, 5) is 60.5. The number of carbonyl (C=O) groups excluding carboxylic acids is 4. The number of halogens is 2. The smallest absolute Gasteiger partial charge is 0.299 e. The van der Waals surface area contributed by atoms with Gasteiger partial charge in [-0.2, -0.15) is 5.10 Å². The van der Waals surface area contributed by atoms with Crippen LogP contribution in [0.3, 0.4) is 0 Å². The van der Waals surface area contributed by atoms with E-state index in [1.54, 1.807) is 35.1 Å². The summed E-state index contributed by atoms with van der Waals surface area (Å²) < 4.78 is 41.4. The number of hydrogen-bond acceptors (Lipinski definition) is 11. The second-order valence-corrected chi connectivity index (χ2v) is 16.6. The Labute approximate surface area is 357 Å². The van der Waals surface area contributed by atoms with Crippen molar-refractivity contribution in [1.82, 2.24) is 30.0 Å². The van der Waals surface area contributed by atoms with Crippen LogP contribution in [0.25, 0.3) is 11.5 Å². The van der Waals surface area contributed by atoms with Gasteiger partial charge in [0.15, 0.2) is 11.4 Å². The molecule has 3 aromatic heterocycles. The zero-order valence-electron chi connectivity index (χ0n) is 34.6. The summed E-state index contributed by atoms with van der Waals surface area (Å²) in [5, 5.41) is 12.2. The molecule has 0 radical (unpaired) electrons. The van der Waals surface area contributed by atoms with Gasteiger partial charge in [-0.1, -0.05) is 31.0 Å². The highest BCUT2D eigenvalue weighted by atomic mass is 19.3. The lowest BCUT2D eigenvalue weighted by atomic mass is 9.86. The van der Waals surface area contributed by atoms with Crippen molar-refractivity contribution in [3.8, 4) is 23.0 Å². The number of aromatic nitrogens is 4. The number of ketones is 1. The monoisotopic (exact) mass is 848 g/mol. The number of unbranched alkanes of at least 4 members (excludes halogenated alkanes) is 3. The fourth-order valence-electron chi connectivity index (χ4n) is 8.20. The van der Waals surface area contributed by atoms with E-state index < -0.39 is 35.6 Å². The average molecular weight is 849 g/mol. The summed E-state index contributed by atoms with van der Waals surface area (Å²) in [6.07, 6.45) is 12.8. The second-order valence-electron chi connectivity index (χ2n) is 16.6. The molecule has 3 N–H and O–H groups in total. The van der Waals surface area contributed by atoms with Crippen LogP contribution < -0.4 is 20.7 Å². The molecule has 2 saturated carbocycles. The molecule has 62 heavy (non-hydrogen) atoms. The largest absolute Gasteiger partial charge is 0.457 e. The van der Waals surface area contributed by atoms with Crippen LogP contribution in [0.2, 0.25) is 0 Å². The minimum Gasteiger partial charge on any atom is -0.457 e. The van der Waals surface area contributed by atoms with Crippen molar-refractivity contribution in [2.75, 3.05) is 37.3 Å². The second kappa shape index (κ2) is 19.2. The number of aryl methyl sites for hydroxylation is 1. The van der Waals surface area contributed by atoms with Crippen molar-refractivity contribution in [3.63, 3.8) is 0 Å². The van der Waals surface area contributed by atoms with Crippen LogP contribution in [-0.2, 0) is 11.2 Å². The standard InChI is InChI=1S/C46H50F2N8O6/c1-55(22-5-3-2-4-7-28-14-18-33(19-15-28)62-37-9-6-8-34-39(37)44(59)53-45(60)41(34)57)25-30-12-16-32(17-13-30)56-26-35(40(54-56)42(47)48)51-43(58)36-27-61-46(52-36)31-20-21-49-38(23-31)50-24-29-10-11-29/h6,8-9,14-15,18-21,23,26-27,29-30,32,42H,2-5,7,10-13,16-17,22,24-25H2,1H3,(H,49,50)(H,51,58)(H,53,59,60)/t30-,32-. The SMILES string of the molecule is CN(CCCCCCc1ccc(Oc2cccc3c2C(=O)NC(=O)C3=O)cc1)C[C@H]1CC[C@H](n2cc(NC(=O)c3coc(-c4ccnc(NCC5CC5)c4)n3)c(C(F)F)n2)CC1. The van der Waals surface area contributed by atoms with Gasteiger partial charge in [-0.05, 0) is 125 Å². The fraction of sp³-hybridized carbons (Fsp3) is 0.413. The number of Topliss-reactive ketones (excluding diaryl/α,β-unsaturated/α-hetero) is 1. The molecule has 0 unspecified atom stereocenters. The van der Waals surface area contributed by atoms with E-state index in [0.29, 0.717) is 29.0 Å². The first-order valence-electron chi connectivity index (χ1n) is 21.4. The van der Waals surface area contributed by atoms with Crippen LogP contribution in [0.15, 0.2) is 77.7 Å². The number of benzene rings is 2. The summed E-state index contributed by atoms with van der Waals surface area (Å²) in [7, 11) is 2.15. The minimum atomic E-state index is -2.86. The first kappa shape index (κ1) is 42.4. The lowest BCUT2D eigenvalue weighted by molar-refractivity contribution is -0.116. The Bertz CT molecular complexity index is 2400. The first-order chi connectivity index (χ1) is 30.1. The Morgan fingerprint density at radius 2 is 1.74 bits per heavy atom. The van der Waals surface area contributed by atoms with Crippen LogP contribution in [0.5, 0.6) is 11.5 Å². The molecule has 14 nitrogen and oxygen atoms in total. The Morgan fingerprint density at radius 1 is 0.968 bits per heavy atom. The van der Waals surface area contributed by atoms with Crippen molar-refractivity contribution in [2.45, 2.75) is 83.1 Å². The molecule has 324 valence electrons. The molecule has 2 aliphatic carbocycles. The molecule has 5 aromatic rings. The lowest BCUT2D eigenvalue weighted by Crippen LogP contribution is -2.42. The Balaban J connectivity index is 0.734. The molecule has 0 saturated heterocycles. The number of nitrogens with zero attached hydrogens (tertiary/aromatic N) is 5. The molecule has 0 spiro atoms. The number of ether oxygens (including phenoxy) is 1. The van der Waals surface area contributed by atoms with Crippen LogP contribution in [0.4, 0.5) is 20.3 Å². The third-order valence-electron chi connectivity index (χ3n) is 11.8. The number of amides is 3. The summed E-state index contributed by atoms with van der Waals surface area (Å²) in [6.45, 7) is 2.83. The van der Waals surface area contributed by atoms with Crippen molar-refractivity contribution in [1.29, 1.82) is 0 Å². The molecule has 8 rings (SSSR count). The molecule has 1 aliphatic heterocycles. The van der Waals surface area contributed by atoms with Gasteiger partial charge in [-0.3, -0.25) is 29.2 Å². The van der Waals surface area contributed by atoms with Gasteiger partial charge in [0.05, 0.1) is 17.3 Å². The van der Waals surface area contributed by atoms with Gasteiger partial charge < -0.3 is 24.7 Å². The van der Waals surface area contributed by atoms with Crippen LogP contribution >= 0.6 is 0 Å². The summed E-state index contributed by atoms with van der Waals surface area (Å²) in [5.41, 5.74) is 1.39. The Kier molecular flexibility index (Phi) is 13.1. The van der Waals surface area contributed by atoms with E-state index in [9.17, 15) is 28.0 Å². The van der Waals surface area contributed by atoms with Crippen LogP contribution in [-0.4, -0.2) is 74.8 Å². The normalized spacial score (nSPS) is 17.6. The molecule has 3 aliphatic rings. The molecule has 0 atom stereocenters. The van der Waals surface area contributed by atoms with Crippen molar-refractivity contribution < 1.29 is 37.1 Å². The van der Waals surface area contributed by atoms with Gasteiger partial charge >= 0.3 is 0 Å². The van der Waals surface area contributed by atoms with Gasteiger partial charge in [-0.25, -0.2) is 18.7 Å². The van der Waals surface area contributed by atoms with Gasteiger partial charge in [0.2, 0.25) is 5.89 Å². The van der Waals surface area contributed by atoms with Gasteiger partial charge in [0, 0.05) is 36.6 Å². The maximum absolute atomic E-state index is 14.1. The van der Waals surface area contributed by atoms with E-state index >= 15 is 0 Å². The Hall–Kier alpha value is -6.29. The van der Waals surface area contributed by atoms with Gasteiger partial charge in [0.25, 0.3) is 29.9 Å². The Morgan fingerprint density at radius 3 is 2.52 bits per heavy atom. The van der Waals surface area contributed by atoms with E-state index in [-0.39, 0.29) is 40.2 Å². The maximum atomic E-state index is 14.1. The number of carbonyl (C=O) groups is 4. The number of nitrogens with one attached hydrogen (secondary N) is 3. The summed E-state index contributed by atoms with van der Waals surface area (Å²) in [6, 6.07) is 15.8.